The number of aryl methyl sites for hydroxylation is 1. The molecule has 0 bridgehead atoms. The predicted molar refractivity (Wildman–Crippen MR) is 121 cm³/mol. The fourth-order valence-electron chi connectivity index (χ4n) is 4.30. The molecule has 7 nitrogen and oxygen atoms in total. The van der Waals surface area contributed by atoms with E-state index < -0.39 is 4.92 Å². The van der Waals surface area contributed by atoms with Gasteiger partial charge in [0.2, 0.25) is 5.91 Å². The summed E-state index contributed by atoms with van der Waals surface area (Å²) in [6, 6.07) is 3.34. The number of rotatable bonds is 13. The maximum atomic E-state index is 13.0. The normalized spacial score (nSPS) is 14.3. The van der Waals surface area contributed by atoms with Crippen molar-refractivity contribution in [1.29, 1.82) is 0 Å². The van der Waals surface area contributed by atoms with Gasteiger partial charge in [0.15, 0.2) is 6.29 Å². The molecule has 1 aromatic carbocycles. The lowest BCUT2D eigenvalue weighted by Gasteiger charge is -2.34. The number of ether oxygens (including phenoxy) is 1. The number of hydrogen-bond donors (Lipinski definition) is 0. The van der Waals surface area contributed by atoms with Crippen LogP contribution in [-0.2, 0) is 4.79 Å². The molecule has 0 aromatic heterocycles. The number of benzene rings is 1. The number of unbranched alkanes of at least 4 members (excludes halogenated alkanes) is 3. The molecule has 0 aliphatic heterocycles. The Morgan fingerprint density at radius 3 is 2.58 bits per heavy atom. The first-order valence-corrected chi connectivity index (χ1v) is 11.6. The van der Waals surface area contributed by atoms with Gasteiger partial charge in [-0.25, -0.2) is 0 Å². The Morgan fingerprint density at radius 1 is 1.19 bits per heavy atom. The van der Waals surface area contributed by atoms with E-state index in [1.165, 1.54) is 38.2 Å². The lowest BCUT2D eigenvalue weighted by Crippen LogP contribution is -2.42. The summed E-state index contributed by atoms with van der Waals surface area (Å²) in [7, 11) is 0. The van der Waals surface area contributed by atoms with E-state index in [1.807, 2.05) is 0 Å². The number of aldehydes is 1. The topological polar surface area (TPSA) is 89.8 Å². The third kappa shape index (κ3) is 7.64. The number of carbonyl (C=O) groups excluding carboxylic acids is 2. The van der Waals surface area contributed by atoms with Crippen molar-refractivity contribution in [2.45, 2.75) is 90.5 Å². The largest absolute Gasteiger partial charge is 0.493 e. The molecule has 0 spiro atoms. The average Bonchev–Trinajstić information content (AvgIpc) is 2.76. The molecule has 1 amide bonds. The molecule has 172 valence electrons. The van der Waals surface area contributed by atoms with Crippen LogP contribution in [0.5, 0.6) is 5.75 Å². The van der Waals surface area contributed by atoms with E-state index in [-0.39, 0.29) is 29.5 Å². The van der Waals surface area contributed by atoms with Crippen molar-refractivity contribution >= 4 is 17.9 Å². The summed E-state index contributed by atoms with van der Waals surface area (Å²) in [6.45, 7) is 4.97. The van der Waals surface area contributed by atoms with Gasteiger partial charge in [-0.3, -0.25) is 19.7 Å². The zero-order valence-electron chi connectivity index (χ0n) is 18.9. The van der Waals surface area contributed by atoms with Crippen LogP contribution in [0.25, 0.3) is 0 Å². The van der Waals surface area contributed by atoms with E-state index in [4.69, 9.17) is 4.74 Å². The average molecular weight is 433 g/mol. The van der Waals surface area contributed by atoms with Crippen LogP contribution in [0.2, 0.25) is 0 Å². The van der Waals surface area contributed by atoms with E-state index in [1.54, 1.807) is 13.0 Å². The number of hydrogen-bond acceptors (Lipinski definition) is 5. The molecule has 1 fully saturated rings. The molecule has 1 aliphatic carbocycles. The molecule has 1 aromatic rings. The quantitative estimate of drug-likeness (QED) is 0.175. The van der Waals surface area contributed by atoms with E-state index in [0.29, 0.717) is 30.7 Å². The van der Waals surface area contributed by atoms with Gasteiger partial charge in [-0.15, -0.1) is 0 Å². The molecule has 0 atom stereocenters. The van der Waals surface area contributed by atoms with Gasteiger partial charge in [0, 0.05) is 25.1 Å². The van der Waals surface area contributed by atoms with Crippen LogP contribution in [0.3, 0.4) is 0 Å². The van der Waals surface area contributed by atoms with Crippen molar-refractivity contribution < 1.29 is 19.2 Å². The first-order valence-electron chi connectivity index (χ1n) is 11.6. The van der Waals surface area contributed by atoms with Gasteiger partial charge in [-0.2, -0.15) is 0 Å². The second-order valence-corrected chi connectivity index (χ2v) is 8.46. The summed E-state index contributed by atoms with van der Waals surface area (Å²) < 4.78 is 5.68. The number of nitro groups is 1. The van der Waals surface area contributed by atoms with Crippen molar-refractivity contribution in [3.63, 3.8) is 0 Å². The summed E-state index contributed by atoms with van der Waals surface area (Å²) in [6.07, 6.45) is 11.7. The van der Waals surface area contributed by atoms with Crippen molar-refractivity contribution in [3.05, 3.63) is 33.4 Å². The number of nitrogens with zero attached hydrogens (tertiary/aromatic N) is 2. The lowest BCUT2D eigenvalue weighted by atomic mass is 9.93. The molecule has 1 saturated carbocycles. The molecule has 2 rings (SSSR count). The first kappa shape index (κ1) is 24.8. The molecule has 0 N–H and O–H groups in total. The molecule has 1 aliphatic rings. The molecule has 0 unspecified atom stereocenters. The van der Waals surface area contributed by atoms with Crippen LogP contribution < -0.4 is 4.74 Å². The van der Waals surface area contributed by atoms with Crippen LogP contribution in [0.1, 0.15) is 93.5 Å². The van der Waals surface area contributed by atoms with E-state index in [0.717, 1.165) is 32.2 Å². The van der Waals surface area contributed by atoms with Crippen molar-refractivity contribution in [1.82, 2.24) is 4.90 Å². The fourth-order valence-corrected chi connectivity index (χ4v) is 4.30. The summed E-state index contributed by atoms with van der Waals surface area (Å²) in [5, 5.41) is 11.2. The van der Waals surface area contributed by atoms with Gasteiger partial charge in [-0.1, -0.05) is 45.4 Å². The van der Waals surface area contributed by atoms with E-state index in [9.17, 15) is 19.7 Å². The highest BCUT2D eigenvalue weighted by Crippen LogP contribution is 2.29. The Bertz CT molecular complexity index is 744. The third-order valence-corrected chi connectivity index (χ3v) is 5.96. The Labute approximate surface area is 185 Å². The zero-order chi connectivity index (χ0) is 22.6. The van der Waals surface area contributed by atoms with Crippen LogP contribution in [0.4, 0.5) is 5.69 Å². The highest BCUT2D eigenvalue weighted by Gasteiger charge is 2.25. The highest BCUT2D eigenvalue weighted by molar-refractivity contribution is 5.86. The van der Waals surface area contributed by atoms with Crippen molar-refractivity contribution in [3.8, 4) is 5.75 Å². The zero-order valence-corrected chi connectivity index (χ0v) is 18.9. The smallest absolute Gasteiger partial charge is 0.283 e. The highest BCUT2D eigenvalue weighted by atomic mass is 16.6. The maximum Gasteiger partial charge on any atom is 0.283 e. The SMILES string of the molecule is CCCCCCN(C(=O)CCCOc1cc(C)cc([N+](=O)[O-])c1C=O)C1CCCCC1. The maximum absolute atomic E-state index is 13.0. The summed E-state index contributed by atoms with van der Waals surface area (Å²) in [5.74, 6) is 0.371. The van der Waals surface area contributed by atoms with Gasteiger partial charge in [-0.05, 0) is 44.2 Å². The van der Waals surface area contributed by atoms with Gasteiger partial charge in [0.1, 0.15) is 11.3 Å². The van der Waals surface area contributed by atoms with Crippen LogP contribution >= 0.6 is 0 Å². The molecular weight excluding hydrogens is 396 g/mol. The van der Waals surface area contributed by atoms with Gasteiger partial charge >= 0.3 is 0 Å². The van der Waals surface area contributed by atoms with Crippen molar-refractivity contribution in [2.24, 2.45) is 0 Å². The van der Waals surface area contributed by atoms with Crippen LogP contribution in [0.15, 0.2) is 12.1 Å². The monoisotopic (exact) mass is 432 g/mol. The molecule has 0 radical (unpaired) electrons. The Hall–Kier alpha value is -2.44. The van der Waals surface area contributed by atoms with Gasteiger partial charge < -0.3 is 9.64 Å². The molecule has 0 saturated heterocycles. The number of carbonyl (C=O) groups is 2. The van der Waals surface area contributed by atoms with Gasteiger partial charge in [0.05, 0.1) is 11.5 Å². The second-order valence-electron chi connectivity index (χ2n) is 8.46. The lowest BCUT2D eigenvalue weighted by molar-refractivity contribution is -0.385. The minimum atomic E-state index is -0.576. The number of nitro benzene ring substituents is 1. The van der Waals surface area contributed by atoms with E-state index >= 15 is 0 Å². The minimum absolute atomic E-state index is 0.0540. The first-order chi connectivity index (χ1) is 15.0. The van der Waals surface area contributed by atoms with E-state index in [2.05, 4.69) is 11.8 Å². The Morgan fingerprint density at radius 2 is 1.94 bits per heavy atom. The van der Waals surface area contributed by atoms with Gasteiger partial charge in [0.25, 0.3) is 5.69 Å². The fraction of sp³-hybridized carbons (Fsp3) is 0.667. The summed E-state index contributed by atoms with van der Waals surface area (Å²) >= 11 is 0. The van der Waals surface area contributed by atoms with Crippen LogP contribution in [0, 0.1) is 17.0 Å². The predicted octanol–water partition coefficient (Wildman–Crippen LogP) is 5.62. The van der Waals surface area contributed by atoms with Crippen LogP contribution in [-0.4, -0.2) is 41.2 Å². The second kappa shape index (κ2) is 13.1. The standard InChI is InChI=1S/C24H36N2O5/c1-3-4-5-9-14-25(20-11-7-6-8-12-20)24(28)13-10-15-31-23-17-19(2)16-22(26(29)30)21(23)18-27/h16-18,20H,3-15H2,1-2H3. The number of amides is 1. The Kier molecular flexibility index (Phi) is 10.5. The molecular formula is C24H36N2O5. The summed E-state index contributed by atoms with van der Waals surface area (Å²) in [5.41, 5.74) is 0.345. The third-order valence-electron chi connectivity index (χ3n) is 5.96. The molecule has 7 heteroatoms. The Balaban J connectivity index is 1.92. The summed E-state index contributed by atoms with van der Waals surface area (Å²) in [4.78, 5) is 37.0. The molecule has 31 heavy (non-hydrogen) atoms. The minimum Gasteiger partial charge on any atom is -0.493 e. The molecule has 0 heterocycles. The van der Waals surface area contributed by atoms with Crippen molar-refractivity contribution in [2.75, 3.05) is 13.2 Å².